The van der Waals surface area contributed by atoms with Gasteiger partial charge in [0.05, 0.1) is 5.92 Å². The van der Waals surface area contributed by atoms with E-state index in [1.165, 1.54) is 12.1 Å². The molecule has 0 unspecified atom stereocenters. The minimum atomic E-state index is -0.331. The quantitative estimate of drug-likeness (QED) is 0.867. The van der Waals surface area contributed by atoms with Gasteiger partial charge in [0.15, 0.2) is 0 Å². The average Bonchev–Trinajstić information content (AvgIpc) is 3.05. The summed E-state index contributed by atoms with van der Waals surface area (Å²) in [4.78, 5) is 18.3. The highest BCUT2D eigenvalue weighted by atomic mass is 19.1. The van der Waals surface area contributed by atoms with Gasteiger partial charge in [0, 0.05) is 25.1 Å². The Labute approximate surface area is 134 Å². The lowest BCUT2D eigenvalue weighted by atomic mass is 9.97. The number of nitrogens with zero attached hydrogens (tertiary/aromatic N) is 3. The fourth-order valence-corrected chi connectivity index (χ4v) is 2.92. The number of hydrogen-bond donors (Lipinski definition) is 0. The number of benzene rings is 1. The zero-order chi connectivity index (χ0) is 16.2. The van der Waals surface area contributed by atoms with Gasteiger partial charge in [0.1, 0.15) is 5.82 Å². The van der Waals surface area contributed by atoms with Crippen molar-refractivity contribution < 1.29 is 13.7 Å². The van der Waals surface area contributed by atoms with Crippen LogP contribution in [0.25, 0.3) is 11.4 Å². The van der Waals surface area contributed by atoms with Crippen LogP contribution >= 0.6 is 0 Å². The Bertz CT molecular complexity index is 686. The van der Waals surface area contributed by atoms with Crippen LogP contribution in [0.2, 0.25) is 0 Å². The van der Waals surface area contributed by atoms with Gasteiger partial charge >= 0.3 is 0 Å². The number of carbonyl (C=O) groups excluding carboxylic acids is 1. The van der Waals surface area contributed by atoms with E-state index in [1.807, 2.05) is 11.8 Å². The van der Waals surface area contributed by atoms with E-state index < -0.39 is 0 Å². The summed E-state index contributed by atoms with van der Waals surface area (Å²) >= 11 is 0. The molecule has 2 heterocycles. The highest BCUT2D eigenvalue weighted by Crippen LogP contribution is 2.28. The van der Waals surface area contributed by atoms with Gasteiger partial charge in [-0.15, -0.1) is 0 Å². The molecule has 1 aromatic carbocycles. The maximum absolute atomic E-state index is 13.3. The van der Waals surface area contributed by atoms with Crippen LogP contribution in [0.3, 0.4) is 0 Å². The summed E-state index contributed by atoms with van der Waals surface area (Å²) in [6, 6.07) is 6.12. The van der Waals surface area contributed by atoms with Gasteiger partial charge < -0.3 is 9.42 Å². The SMILES string of the molecule is CCCC(=O)N1CCC[C@H](c2nc(-c3cccc(F)c3)no2)C1. The predicted molar refractivity (Wildman–Crippen MR) is 83.2 cm³/mol. The van der Waals surface area contributed by atoms with Gasteiger partial charge in [-0.1, -0.05) is 24.2 Å². The molecule has 0 saturated carbocycles. The number of piperidine rings is 1. The molecule has 0 radical (unpaired) electrons. The Morgan fingerprint density at radius 2 is 2.35 bits per heavy atom. The van der Waals surface area contributed by atoms with Crippen molar-refractivity contribution in [3.05, 3.63) is 36.0 Å². The van der Waals surface area contributed by atoms with E-state index >= 15 is 0 Å². The molecular weight excluding hydrogens is 297 g/mol. The molecule has 0 aliphatic carbocycles. The second-order valence-electron chi connectivity index (χ2n) is 5.90. The van der Waals surface area contributed by atoms with Crippen LogP contribution in [-0.4, -0.2) is 34.0 Å². The summed E-state index contributed by atoms with van der Waals surface area (Å²) in [6.07, 6.45) is 3.27. The Balaban J connectivity index is 1.73. The van der Waals surface area contributed by atoms with Crippen molar-refractivity contribution in [2.75, 3.05) is 13.1 Å². The average molecular weight is 317 g/mol. The van der Waals surface area contributed by atoms with Crippen LogP contribution in [0, 0.1) is 5.82 Å². The van der Waals surface area contributed by atoms with Crippen molar-refractivity contribution in [3.63, 3.8) is 0 Å². The van der Waals surface area contributed by atoms with Gasteiger partial charge in [0.2, 0.25) is 17.6 Å². The van der Waals surface area contributed by atoms with Crippen LogP contribution < -0.4 is 0 Å². The minimum Gasteiger partial charge on any atom is -0.342 e. The summed E-state index contributed by atoms with van der Waals surface area (Å²) in [5, 5.41) is 3.95. The molecule has 1 amide bonds. The van der Waals surface area contributed by atoms with Crippen molar-refractivity contribution in [2.45, 2.75) is 38.5 Å². The molecule has 5 nitrogen and oxygen atoms in total. The summed E-state index contributed by atoms with van der Waals surface area (Å²) in [7, 11) is 0. The molecule has 6 heteroatoms. The third-order valence-electron chi connectivity index (χ3n) is 4.11. The monoisotopic (exact) mass is 317 g/mol. The maximum atomic E-state index is 13.3. The van der Waals surface area contributed by atoms with Gasteiger partial charge in [-0.2, -0.15) is 4.98 Å². The van der Waals surface area contributed by atoms with Crippen molar-refractivity contribution in [1.29, 1.82) is 0 Å². The Morgan fingerprint density at radius 1 is 1.48 bits per heavy atom. The molecule has 3 rings (SSSR count). The first-order chi connectivity index (χ1) is 11.2. The third-order valence-corrected chi connectivity index (χ3v) is 4.11. The molecule has 2 aromatic rings. The van der Waals surface area contributed by atoms with Crippen LogP contribution in [0.1, 0.15) is 44.4 Å². The van der Waals surface area contributed by atoms with Gasteiger partial charge in [0.25, 0.3) is 0 Å². The van der Waals surface area contributed by atoms with Crippen LogP contribution in [0.15, 0.2) is 28.8 Å². The van der Waals surface area contributed by atoms with Crippen molar-refractivity contribution in [1.82, 2.24) is 15.0 Å². The molecule has 1 aliphatic heterocycles. The summed E-state index contributed by atoms with van der Waals surface area (Å²) in [6.45, 7) is 3.41. The van der Waals surface area contributed by atoms with E-state index in [4.69, 9.17) is 4.52 Å². The molecule has 0 N–H and O–H groups in total. The molecule has 1 atom stereocenters. The minimum absolute atomic E-state index is 0.0550. The second kappa shape index (κ2) is 6.89. The molecule has 0 bridgehead atoms. The number of likely N-dealkylation sites (tertiary alicyclic amines) is 1. The van der Waals surface area contributed by atoms with Crippen molar-refractivity contribution in [2.24, 2.45) is 0 Å². The van der Waals surface area contributed by atoms with E-state index in [9.17, 15) is 9.18 Å². The number of amides is 1. The van der Waals surface area contributed by atoms with Crippen LogP contribution in [-0.2, 0) is 4.79 Å². The molecule has 1 aromatic heterocycles. The van der Waals surface area contributed by atoms with Gasteiger partial charge in [-0.25, -0.2) is 4.39 Å². The largest absolute Gasteiger partial charge is 0.342 e. The molecule has 23 heavy (non-hydrogen) atoms. The molecule has 1 aliphatic rings. The number of rotatable bonds is 4. The highest BCUT2D eigenvalue weighted by Gasteiger charge is 2.28. The number of hydrogen-bond acceptors (Lipinski definition) is 4. The number of halogens is 1. The highest BCUT2D eigenvalue weighted by molar-refractivity contribution is 5.76. The van der Waals surface area contributed by atoms with Crippen molar-refractivity contribution in [3.8, 4) is 11.4 Å². The summed E-state index contributed by atoms with van der Waals surface area (Å²) < 4.78 is 18.7. The molecular formula is C17H20FN3O2. The van der Waals surface area contributed by atoms with Crippen LogP contribution in [0.5, 0.6) is 0 Å². The topological polar surface area (TPSA) is 59.2 Å². The van der Waals surface area contributed by atoms with E-state index in [-0.39, 0.29) is 17.6 Å². The van der Waals surface area contributed by atoms with E-state index in [2.05, 4.69) is 10.1 Å². The molecule has 122 valence electrons. The van der Waals surface area contributed by atoms with Gasteiger partial charge in [-0.3, -0.25) is 4.79 Å². The Hall–Kier alpha value is -2.24. The fraction of sp³-hybridized carbons (Fsp3) is 0.471. The normalized spacial score (nSPS) is 18.2. The predicted octanol–water partition coefficient (Wildman–Crippen LogP) is 3.38. The third kappa shape index (κ3) is 3.57. The van der Waals surface area contributed by atoms with Gasteiger partial charge in [-0.05, 0) is 31.4 Å². The molecule has 1 fully saturated rings. The number of carbonyl (C=O) groups is 1. The first-order valence-electron chi connectivity index (χ1n) is 8.04. The number of aromatic nitrogens is 2. The first-order valence-corrected chi connectivity index (χ1v) is 8.04. The summed E-state index contributed by atoms with van der Waals surface area (Å²) in [5.41, 5.74) is 0.592. The van der Waals surface area contributed by atoms with E-state index in [0.29, 0.717) is 30.2 Å². The first kappa shape index (κ1) is 15.6. The Kier molecular flexibility index (Phi) is 4.69. The van der Waals surface area contributed by atoms with Crippen LogP contribution in [0.4, 0.5) is 4.39 Å². The lowest BCUT2D eigenvalue weighted by Crippen LogP contribution is -2.39. The smallest absolute Gasteiger partial charge is 0.231 e. The maximum Gasteiger partial charge on any atom is 0.231 e. The van der Waals surface area contributed by atoms with Crippen molar-refractivity contribution >= 4 is 5.91 Å². The lowest BCUT2D eigenvalue weighted by Gasteiger charge is -2.31. The second-order valence-corrected chi connectivity index (χ2v) is 5.90. The Morgan fingerprint density at radius 3 is 3.13 bits per heavy atom. The zero-order valence-corrected chi connectivity index (χ0v) is 13.2. The zero-order valence-electron chi connectivity index (χ0n) is 13.2. The lowest BCUT2D eigenvalue weighted by molar-refractivity contribution is -0.132. The van der Waals surface area contributed by atoms with E-state index in [0.717, 1.165) is 25.8 Å². The fourth-order valence-electron chi connectivity index (χ4n) is 2.92. The van der Waals surface area contributed by atoms with E-state index in [1.54, 1.807) is 12.1 Å². The summed E-state index contributed by atoms with van der Waals surface area (Å²) in [5.74, 6) is 0.819. The standard InChI is InChI=1S/C17H20FN3O2/c1-2-5-15(22)21-9-4-7-13(11-21)17-19-16(20-23-17)12-6-3-8-14(18)10-12/h3,6,8,10,13H,2,4-5,7,9,11H2,1H3/t13-/m0/s1. The molecule has 1 saturated heterocycles. The molecule has 0 spiro atoms.